The summed E-state index contributed by atoms with van der Waals surface area (Å²) in [6, 6.07) is 3.05. The number of rotatable bonds is 2. The van der Waals surface area contributed by atoms with E-state index in [-0.39, 0.29) is 10.7 Å². The predicted molar refractivity (Wildman–Crippen MR) is 58.8 cm³/mol. The Hall–Kier alpha value is -1.36. The van der Waals surface area contributed by atoms with Gasteiger partial charge < -0.3 is 4.74 Å². The van der Waals surface area contributed by atoms with Gasteiger partial charge in [-0.3, -0.25) is 4.79 Å². The smallest absolute Gasteiger partial charge is 0.176 e. The van der Waals surface area contributed by atoms with E-state index in [9.17, 15) is 13.2 Å². The van der Waals surface area contributed by atoms with Crippen LogP contribution in [0.15, 0.2) is 17.0 Å². The third-order valence-corrected chi connectivity index (χ3v) is 3.87. The quantitative estimate of drug-likeness (QED) is 0.780. The molecule has 1 aliphatic carbocycles. The number of Topliss-reactive ketones (excluding diaryl/α,β-unsaturated/α-hetero) is 1. The standard InChI is InChI=1S/C11H12O4S/c1-15-9-5-6-10(16(2,13)14)11-7(9)3-4-8(11)12/h5-6H,3-4H2,1-2H3. The molecule has 2 rings (SSSR count). The third-order valence-electron chi connectivity index (χ3n) is 2.73. The average Bonchev–Trinajstić information content (AvgIpc) is 2.58. The van der Waals surface area contributed by atoms with E-state index >= 15 is 0 Å². The lowest BCUT2D eigenvalue weighted by atomic mass is 10.1. The lowest BCUT2D eigenvalue weighted by molar-refractivity contribution is 0.0991. The molecule has 0 aromatic heterocycles. The van der Waals surface area contributed by atoms with Crippen molar-refractivity contribution in [3.05, 3.63) is 23.3 Å². The Kier molecular flexibility index (Phi) is 2.50. The summed E-state index contributed by atoms with van der Waals surface area (Å²) >= 11 is 0. The summed E-state index contributed by atoms with van der Waals surface area (Å²) in [4.78, 5) is 11.8. The van der Waals surface area contributed by atoms with Crippen LogP contribution in [0.1, 0.15) is 22.3 Å². The summed E-state index contributed by atoms with van der Waals surface area (Å²) < 4.78 is 28.2. The highest BCUT2D eigenvalue weighted by Gasteiger charge is 2.29. The topological polar surface area (TPSA) is 60.4 Å². The lowest BCUT2D eigenvalue weighted by Gasteiger charge is -2.09. The Morgan fingerprint density at radius 1 is 1.25 bits per heavy atom. The number of ketones is 1. The van der Waals surface area contributed by atoms with Gasteiger partial charge in [-0.15, -0.1) is 0 Å². The van der Waals surface area contributed by atoms with Crippen LogP contribution in [0.4, 0.5) is 0 Å². The Labute approximate surface area is 94.2 Å². The van der Waals surface area contributed by atoms with Crippen molar-refractivity contribution in [2.24, 2.45) is 0 Å². The molecule has 0 heterocycles. The summed E-state index contributed by atoms with van der Waals surface area (Å²) in [5.41, 5.74) is 1.04. The summed E-state index contributed by atoms with van der Waals surface area (Å²) in [6.45, 7) is 0. The van der Waals surface area contributed by atoms with E-state index in [0.717, 1.165) is 11.8 Å². The van der Waals surface area contributed by atoms with E-state index < -0.39 is 9.84 Å². The number of fused-ring (bicyclic) bond motifs is 1. The van der Waals surface area contributed by atoms with Gasteiger partial charge in [-0.05, 0) is 18.6 Å². The predicted octanol–water partition coefficient (Wildman–Crippen LogP) is 1.23. The van der Waals surface area contributed by atoms with Crippen LogP contribution >= 0.6 is 0 Å². The number of hydrogen-bond donors (Lipinski definition) is 0. The van der Waals surface area contributed by atoms with Gasteiger partial charge in [-0.25, -0.2) is 8.42 Å². The molecule has 0 saturated carbocycles. The molecule has 0 spiro atoms. The Morgan fingerprint density at radius 2 is 1.94 bits per heavy atom. The minimum absolute atomic E-state index is 0.116. The zero-order valence-electron chi connectivity index (χ0n) is 9.11. The number of sulfone groups is 1. The summed E-state index contributed by atoms with van der Waals surface area (Å²) in [5.74, 6) is 0.475. The molecule has 0 saturated heterocycles. The van der Waals surface area contributed by atoms with Crippen molar-refractivity contribution in [3.8, 4) is 5.75 Å². The average molecular weight is 240 g/mol. The third kappa shape index (κ3) is 1.61. The number of carbonyl (C=O) groups is 1. The largest absolute Gasteiger partial charge is 0.496 e. The SMILES string of the molecule is COc1ccc(S(C)(=O)=O)c2c1CCC2=O. The van der Waals surface area contributed by atoms with Crippen LogP contribution in [0.5, 0.6) is 5.75 Å². The van der Waals surface area contributed by atoms with E-state index in [1.54, 1.807) is 6.07 Å². The van der Waals surface area contributed by atoms with E-state index in [1.807, 2.05) is 0 Å². The van der Waals surface area contributed by atoms with Crippen molar-refractivity contribution < 1.29 is 17.9 Å². The Balaban J connectivity index is 2.77. The van der Waals surface area contributed by atoms with Crippen LogP contribution < -0.4 is 4.74 Å². The van der Waals surface area contributed by atoms with Crippen LogP contribution in [-0.2, 0) is 16.3 Å². The van der Waals surface area contributed by atoms with Gasteiger partial charge in [0.05, 0.1) is 12.0 Å². The first kappa shape index (κ1) is 11.1. The molecule has 0 bridgehead atoms. The van der Waals surface area contributed by atoms with Crippen molar-refractivity contribution in [1.29, 1.82) is 0 Å². The second kappa shape index (κ2) is 3.59. The minimum Gasteiger partial charge on any atom is -0.496 e. The van der Waals surface area contributed by atoms with E-state index in [0.29, 0.717) is 24.2 Å². The molecular weight excluding hydrogens is 228 g/mol. The normalized spacial score (nSPS) is 15.0. The highest BCUT2D eigenvalue weighted by Crippen LogP contribution is 2.34. The molecule has 0 radical (unpaired) electrons. The van der Waals surface area contributed by atoms with Crippen LogP contribution in [0, 0.1) is 0 Å². The van der Waals surface area contributed by atoms with Gasteiger partial charge in [0.2, 0.25) is 0 Å². The van der Waals surface area contributed by atoms with Crippen LogP contribution in [0.2, 0.25) is 0 Å². The fraction of sp³-hybridized carbons (Fsp3) is 0.364. The molecule has 0 fully saturated rings. The molecule has 1 aliphatic rings. The molecule has 4 nitrogen and oxygen atoms in total. The lowest BCUT2D eigenvalue weighted by Crippen LogP contribution is -2.06. The van der Waals surface area contributed by atoms with E-state index in [2.05, 4.69) is 0 Å². The van der Waals surface area contributed by atoms with Crippen molar-refractivity contribution in [2.75, 3.05) is 13.4 Å². The maximum Gasteiger partial charge on any atom is 0.176 e. The first-order chi connectivity index (χ1) is 7.45. The molecule has 0 atom stereocenters. The Morgan fingerprint density at radius 3 is 2.50 bits per heavy atom. The maximum absolute atomic E-state index is 11.7. The van der Waals surface area contributed by atoms with Crippen molar-refractivity contribution in [1.82, 2.24) is 0 Å². The molecule has 5 heteroatoms. The fourth-order valence-corrected chi connectivity index (χ4v) is 2.95. The minimum atomic E-state index is -3.36. The van der Waals surface area contributed by atoms with Crippen molar-refractivity contribution >= 4 is 15.6 Å². The molecule has 0 unspecified atom stereocenters. The molecule has 86 valence electrons. The van der Waals surface area contributed by atoms with Gasteiger partial charge in [0.1, 0.15) is 5.75 Å². The van der Waals surface area contributed by atoms with E-state index in [1.165, 1.54) is 13.2 Å². The fourth-order valence-electron chi connectivity index (χ4n) is 2.02. The molecule has 0 amide bonds. The monoisotopic (exact) mass is 240 g/mol. The Bertz CT molecular complexity index is 558. The van der Waals surface area contributed by atoms with Crippen LogP contribution in [-0.4, -0.2) is 27.6 Å². The second-order valence-electron chi connectivity index (χ2n) is 3.81. The van der Waals surface area contributed by atoms with Gasteiger partial charge >= 0.3 is 0 Å². The zero-order chi connectivity index (χ0) is 11.9. The number of ether oxygens (including phenoxy) is 1. The first-order valence-corrected chi connectivity index (χ1v) is 6.77. The van der Waals surface area contributed by atoms with Gasteiger partial charge in [-0.1, -0.05) is 0 Å². The van der Waals surface area contributed by atoms with Gasteiger partial charge in [0.25, 0.3) is 0 Å². The van der Waals surface area contributed by atoms with Gasteiger partial charge in [0, 0.05) is 23.8 Å². The van der Waals surface area contributed by atoms with Crippen molar-refractivity contribution in [3.63, 3.8) is 0 Å². The number of hydrogen-bond acceptors (Lipinski definition) is 4. The van der Waals surface area contributed by atoms with Gasteiger partial charge in [0.15, 0.2) is 15.6 Å². The summed E-state index contributed by atoms with van der Waals surface area (Å²) in [7, 11) is -1.85. The number of methoxy groups -OCH3 is 1. The second-order valence-corrected chi connectivity index (χ2v) is 5.80. The molecule has 1 aromatic carbocycles. The zero-order valence-corrected chi connectivity index (χ0v) is 9.93. The molecular formula is C11H12O4S. The first-order valence-electron chi connectivity index (χ1n) is 4.88. The van der Waals surface area contributed by atoms with Crippen LogP contribution in [0.3, 0.4) is 0 Å². The number of benzene rings is 1. The number of carbonyl (C=O) groups excluding carboxylic acids is 1. The summed E-state index contributed by atoms with van der Waals surface area (Å²) in [5, 5.41) is 0. The van der Waals surface area contributed by atoms with Gasteiger partial charge in [-0.2, -0.15) is 0 Å². The highest BCUT2D eigenvalue weighted by atomic mass is 32.2. The molecule has 0 aliphatic heterocycles. The maximum atomic E-state index is 11.7. The molecule has 1 aromatic rings. The van der Waals surface area contributed by atoms with Crippen LogP contribution in [0.25, 0.3) is 0 Å². The summed E-state index contributed by atoms with van der Waals surface area (Å²) in [6.07, 6.45) is 2.03. The molecule has 16 heavy (non-hydrogen) atoms. The van der Waals surface area contributed by atoms with E-state index in [4.69, 9.17) is 4.74 Å². The molecule has 0 N–H and O–H groups in total. The highest BCUT2D eigenvalue weighted by molar-refractivity contribution is 7.90. The van der Waals surface area contributed by atoms with Crippen molar-refractivity contribution in [2.45, 2.75) is 17.7 Å².